The average Bonchev–Trinajstić information content (AvgIpc) is 2.28. The number of hydrogen-bond acceptors (Lipinski definition) is 4. The van der Waals surface area contributed by atoms with Crippen LogP contribution in [0.3, 0.4) is 0 Å². The van der Waals surface area contributed by atoms with Crippen molar-refractivity contribution in [1.29, 1.82) is 0 Å². The predicted molar refractivity (Wildman–Crippen MR) is 68.5 cm³/mol. The minimum Gasteiger partial charge on any atom is -0.427 e. The second kappa shape index (κ2) is 7.13. The quantitative estimate of drug-likeness (QED) is 0.621. The van der Waals surface area contributed by atoms with Gasteiger partial charge in [0.15, 0.2) is 0 Å². The SMILES string of the molecule is CC(=O)Oc1ccc(CC(O)COC(C)C)cc1. The van der Waals surface area contributed by atoms with Crippen LogP contribution in [0.5, 0.6) is 5.75 Å². The lowest BCUT2D eigenvalue weighted by molar-refractivity contribution is -0.131. The van der Waals surface area contributed by atoms with E-state index in [4.69, 9.17) is 9.47 Å². The Morgan fingerprint density at radius 3 is 2.39 bits per heavy atom. The van der Waals surface area contributed by atoms with E-state index in [9.17, 15) is 9.90 Å². The smallest absolute Gasteiger partial charge is 0.308 e. The molecule has 0 bridgehead atoms. The molecule has 0 heterocycles. The first kappa shape index (κ1) is 14.7. The summed E-state index contributed by atoms with van der Waals surface area (Å²) in [6, 6.07) is 7.09. The van der Waals surface area contributed by atoms with Crippen molar-refractivity contribution < 1.29 is 19.4 Å². The van der Waals surface area contributed by atoms with E-state index >= 15 is 0 Å². The molecule has 0 aromatic heterocycles. The van der Waals surface area contributed by atoms with Gasteiger partial charge < -0.3 is 14.6 Å². The van der Waals surface area contributed by atoms with Crippen molar-refractivity contribution in [2.24, 2.45) is 0 Å². The van der Waals surface area contributed by atoms with Crippen LogP contribution in [0.4, 0.5) is 0 Å². The van der Waals surface area contributed by atoms with Gasteiger partial charge in [0.1, 0.15) is 5.75 Å². The van der Waals surface area contributed by atoms with E-state index in [0.717, 1.165) is 5.56 Å². The number of carbonyl (C=O) groups is 1. The molecule has 0 fully saturated rings. The maximum absolute atomic E-state index is 10.7. The summed E-state index contributed by atoms with van der Waals surface area (Å²) >= 11 is 0. The fourth-order valence-corrected chi connectivity index (χ4v) is 1.49. The summed E-state index contributed by atoms with van der Waals surface area (Å²) in [7, 11) is 0. The Labute approximate surface area is 108 Å². The van der Waals surface area contributed by atoms with Gasteiger partial charge in [0.25, 0.3) is 0 Å². The van der Waals surface area contributed by atoms with E-state index in [0.29, 0.717) is 18.8 Å². The summed E-state index contributed by atoms with van der Waals surface area (Å²) in [6.07, 6.45) is 0.116. The van der Waals surface area contributed by atoms with Gasteiger partial charge >= 0.3 is 5.97 Å². The van der Waals surface area contributed by atoms with Crippen molar-refractivity contribution in [3.05, 3.63) is 29.8 Å². The second-order valence-corrected chi connectivity index (χ2v) is 4.48. The van der Waals surface area contributed by atoms with Gasteiger partial charge in [-0.05, 0) is 31.5 Å². The van der Waals surface area contributed by atoms with Crippen molar-refractivity contribution in [1.82, 2.24) is 0 Å². The van der Waals surface area contributed by atoms with Gasteiger partial charge in [-0.2, -0.15) is 0 Å². The molecule has 1 aromatic rings. The van der Waals surface area contributed by atoms with E-state index in [-0.39, 0.29) is 12.1 Å². The number of ether oxygens (including phenoxy) is 2. The molecule has 1 N–H and O–H groups in total. The third-order valence-electron chi connectivity index (χ3n) is 2.28. The number of hydrogen-bond donors (Lipinski definition) is 1. The molecular weight excluding hydrogens is 232 g/mol. The van der Waals surface area contributed by atoms with Gasteiger partial charge in [0, 0.05) is 13.3 Å². The van der Waals surface area contributed by atoms with Crippen LogP contribution in [-0.4, -0.2) is 29.9 Å². The largest absolute Gasteiger partial charge is 0.427 e. The van der Waals surface area contributed by atoms with Gasteiger partial charge in [-0.3, -0.25) is 4.79 Å². The zero-order chi connectivity index (χ0) is 13.5. The Balaban J connectivity index is 2.45. The van der Waals surface area contributed by atoms with Crippen LogP contribution in [0.15, 0.2) is 24.3 Å². The minimum absolute atomic E-state index is 0.117. The minimum atomic E-state index is -0.521. The van der Waals surface area contributed by atoms with E-state index < -0.39 is 6.10 Å². The second-order valence-electron chi connectivity index (χ2n) is 4.48. The molecule has 0 spiro atoms. The Bertz CT molecular complexity index is 370. The van der Waals surface area contributed by atoms with Crippen LogP contribution < -0.4 is 4.74 Å². The molecule has 0 aliphatic rings. The molecule has 1 atom stereocenters. The molecule has 0 aliphatic heterocycles. The summed E-state index contributed by atoms with van der Waals surface area (Å²) in [5.74, 6) is 0.173. The van der Waals surface area contributed by atoms with Crippen molar-refractivity contribution in [3.8, 4) is 5.75 Å². The molecule has 1 rings (SSSR count). The molecule has 4 nitrogen and oxygen atoms in total. The summed E-state index contributed by atoms with van der Waals surface area (Å²) in [6.45, 7) is 5.55. The number of esters is 1. The van der Waals surface area contributed by atoms with Crippen LogP contribution in [0.2, 0.25) is 0 Å². The highest BCUT2D eigenvalue weighted by atomic mass is 16.5. The summed E-state index contributed by atoms with van der Waals surface area (Å²) in [5.41, 5.74) is 0.978. The van der Waals surface area contributed by atoms with E-state index in [2.05, 4.69) is 0 Å². The standard InChI is InChI=1S/C14H20O4/c1-10(2)17-9-13(16)8-12-4-6-14(7-5-12)18-11(3)15/h4-7,10,13,16H,8-9H2,1-3H3. The molecule has 0 aliphatic carbocycles. The Morgan fingerprint density at radius 1 is 1.28 bits per heavy atom. The highest BCUT2D eigenvalue weighted by Crippen LogP contribution is 2.13. The number of aliphatic hydroxyl groups excluding tert-OH is 1. The van der Waals surface area contributed by atoms with E-state index in [1.165, 1.54) is 6.92 Å². The number of rotatable bonds is 6. The van der Waals surface area contributed by atoms with Crippen molar-refractivity contribution in [2.75, 3.05) is 6.61 Å². The monoisotopic (exact) mass is 252 g/mol. The van der Waals surface area contributed by atoms with Gasteiger partial charge in [-0.1, -0.05) is 12.1 Å². The molecule has 0 saturated heterocycles. The van der Waals surface area contributed by atoms with Crippen molar-refractivity contribution >= 4 is 5.97 Å². The predicted octanol–water partition coefficient (Wildman–Crippen LogP) is 1.94. The van der Waals surface area contributed by atoms with Crippen LogP contribution in [0.25, 0.3) is 0 Å². The summed E-state index contributed by atoms with van der Waals surface area (Å²) < 4.78 is 10.3. The van der Waals surface area contributed by atoms with Gasteiger partial charge in [0.05, 0.1) is 18.8 Å². The lowest BCUT2D eigenvalue weighted by Gasteiger charge is -2.13. The average molecular weight is 252 g/mol. The first-order chi connectivity index (χ1) is 8.47. The Morgan fingerprint density at radius 2 is 1.89 bits per heavy atom. The fourth-order valence-electron chi connectivity index (χ4n) is 1.49. The fraction of sp³-hybridized carbons (Fsp3) is 0.500. The third kappa shape index (κ3) is 5.80. The molecule has 0 saturated carbocycles. The highest BCUT2D eigenvalue weighted by Gasteiger charge is 2.07. The highest BCUT2D eigenvalue weighted by molar-refractivity contribution is 5.69. The zero-order valence-electron chi connectivity index (χ0n) is 11.1. The topological polar surface area (TPSA) is 55.8 Å². The zero-order valence-corrected chi connectivity index (χ0v) is 11.1. The third-order valence-corrected chi connectivity index (χ3v) is 2.28. The Kier molecular flexibility index (Phi) is 5.82. The lowest BCUT2D eigenvalue weighted by atomic mass is 10.1. The van der Waals surface area contributed by atoms with Crippen LogP contribution in [0, 0.1) is 0 Å². The maximum atomic E-state index is 10.7. The Hall–Kier alpha value is -1.39. The normalized spacial score (nSPS) is 12.5. The van der Waals surface area contributed by atoms with E-state index in [1.54, 1.807) is 12.1 Å². The maximum Gasteiger partial charge on any atom is 0.308 e. The van der Waals surface area contributed by atoms with E-state index in [1.807, 2.05) is 26.0 Å². The summed E-state index contributed by atoms with van der Waals surface area (Å²) in [5, 5.41) is 9.76. The molecular formula is C14H20O4. The molecule has 100 valence electrons. The molecule has 4 heteroatoms. The van der Waals surface area contributed by atoms with Crippen LogP contribution in [0.1, 0.15) is 26.3 Å². The number of aliphatic hydroxyl groups is 1. The van der Waals surface area contributed by atoms with Crippen molar-refractivity contribution in [2.45, 2.75) is 39.4 Å². The molecule has 0 amide bonds. The van der Waals surface area contributed by atoms with Gasteiger partial charge in [-0.25, -0.2) is 0 Å². The molecule has 0 radical (unpaired) electrons. The van der Waals surface area contributed by atoms with Gasteiger partial charge in [0.2, 0.25) is 0 Å². The number of carbonyl (C=O) groups excluding carboxylic acids is 1. The van der Waals surface area contributed by atoms with Gasteiger partial charge in [-0.15, -0.1) is 0 Å². The van der Waals surface area contributed by atoms with Crippen molar-refractivity contribution in [3.63, 3.8) is 0 Å². The number of benzene rings is 1. The summed E-state index contributed by atoms with van der Waals surface area (Å²) in [4.78, 5) is 10.7. The van der Waals surface area contributed by atoms with Crippen LogP contribution in [-0.2, 0) is 16.0 Å². The van der Waals surface area contributed by atoms with Crippen LogP contribution >= 0.6 is 0 Å². The molecule has 1 unspecified atom stereocenters. The first-order valence-corrected chi connectivity index (χ1v) is 6.04. The molecule has 18 heavy (non-hydrogen) atoms. The molecule has 1 aromatic carbocycles. The first-order valence-electron chi connectivity index (χ1n) is 6.04. The lowest BCUT2D eigenvalue weighted by Crippen LogP contribution is -2.20.